The molecule has 2 N–H and O–H groups in total. The van der Waals surface area contributed by atoms with Crippen LogP contribution in [-0.4, -0.2) is 23.2 Å². The van der Waals surface area contributed by atoms with Crippen LogP contribution in [0.15, 0.2) is 0 Å². The molecule has 1 aliphatic rings. The molecule has 0 aromatic rings. The van der Waals surface area contributed by atoms with E-state index in [0.717, 1.165) is 25.8 Å². The zero-order chi connectivity index (χ0) is 7.61. The van der Waals surface area contributed by atoms with E-state index in [-0.39, 0.29) is 12.4 Å². The van der Waals surface area contributed by atoms with Crippen molar-refractivity contribution in [3.05, 3.63) is 0 Å². The Labute approximate surface area is 72.6 Å². The average Bonchev–Trinajstić information content (AvgIpc) is 1.89. The number of carbonyl (C=O) groups is 1. The summed E-state index contributed by atoms with van der Waals surface area (Å²) in [5, 5.41) is 11.7. The largest absolute Gasteiger partial charge is 0.480 e. The summed E-state index contributed by atoms with van der Waals surface area (Å²) in [4.78, 5) is 10.6. The van der Waals surface area contributed by atoms with Gasteiger partial charge in [-0.3, -0.25) is 4.79 Å². The highest BCUT2D eigenvalue weighted by Gasteiger charge is 2.33. The molecule has 0 bridgehead atoms. The van der Waals surface area contributed by atoms with Gasteiger partial charge in [0.05, 0.1) is 0 Å². The number of rotatable bonds is 1. The van der Waals surface area contributed by atoms with E-state index in [9.17, 15) is 4.79 Å². The Morgan fingerprint density at radius 3 is 2.45 bits per heavy atom. The molecular weight excluding hydrogens is 166 g/mol. The third-order valence-electron chi connectivity index (χ3n) is 2.09. The minimum atomic E-state index is -0.729. The predicted octanol–water partition coefficient (Wildman–Crippen LogP) is 1.02. The van der Waals surface area contributed by atoms with Gasteiger partial charge in [-0.1, -0.05) is 0 Å². The average molecular weight is 180 g/mol. The zero-order valence-corrected chi connectivity index (χ0v) is 7.41. The molecule has 0 saturated carbocycles. The van der Waals surface area contributed by atoms with Crippen molar-refractivity contribution in [1.82, 2.24) is 5.32 Å². The first-order valence-corrected chi connectivity index (χ1v) is 3.63. The van der Waals surface area contributed by atoms with E-state index in [1.165, 1.54) is 0 Å². The van der Waals surface area contributed by atoms with Crippen LogP contribution in [0.25, 0.3) is 0 Å². The second-order valence-electron chi connectivity index (χ2n) is 3.02. The highest BCUT2D eigenvalue weighted by Crippen LogP contribution is 2.18. The standard InChI is InChI=1S/C7H13NO2.ClH/c1-7(6(9)10)4-2-3-5-8-7;/h8H,2-5H2,1H3,(H,9,10);1H/t7-;/m1./s1. The molecule has 0 aliphatic carbocycles. The normalized spacial score (nSPS) is 30.6. The van der Waals surface area contributed by atoms with E-state index in [1.807, 2.05) is 0 Å². The quantitative estimate of drug-likeness (QED) is 0.632. The molecule has 0 aromatic heterocycles. The van der Waals surface area contributed by atoms with Crippen molar-refractivity contribution in [3.63, 3.8) is 0 Å². The van der Waals surface area contributed by atoms with Crippen molar-refractivity contribution < 1.29 is 9.90 Å². The Kier molecular flexibility index (Phi) is 3.83. The van der Waals surface area contributed by atoms with Crippen molar-refractivity contribution in [2.75, 3.05) is 6.54 Å². The van der Waals surface area contributed by atoms with E-state index in [2.05, 4.69) is 5.32 Å². The maximum absolute atomic E-state index is 10.6. The first-order chi connectivity index (χ1) is 4.65. The van der Waals surface area contributed by atoms with Gasteiger partial charge in [-0.15, -0.1) is 12.4 Å². The smallest absolute Gasteiger partial charge is 0.323 e. The van der Waals surface area contributed by atoms with Crippen LogP contribution in [0.3, 0.4) is 0 Å². The Balaban J connectivity index is 0.000001000. The van der Waals surface area contributed by atoms with Gasteiger partial charge in [0.2, 0.25) is 0 Å². The van der Waals surface area contributed by atoms with E-state index in [1.54, 1.807) is 6.92 Å². The third kappa shape index (κ3) is 2.34. The summed E-state index contributed by atoms with van der Waals surface area (Å²) in [5.41, 5.74) is -0.655. The first kappa shape index (κ1) is 10.7. The second-order valence-corrected chi connectivity index (χ2v) is 3.02. The number of piperidine rings is 1. The molecule has 3 nitrogen and oxygen atoms in total. The van der Waals surface area contributed by atoms with Crippen molar-refractivity contribution in [2.45, 2.75) is 31.7 Å². The fourth-order valence-electron chi connectivity index (χ4n) is 1.24. The lowest BCUT2D eigenvalue weighted by Gasteiger charge is -2.30. The summed E-state index contributed by atoms with van der Waals surface area (Å²) >= 11 is 0. The summed E-state index contributed by atoms with van der Waals surface area (Å²) in [6.45, 7) is 2.58. The van der Waals surface area contributed by atoms with Crippen LogP contribution in [-0.2, 0) is 4.79 Å². The van der Waals surface area contributed by atoms with Crippen molar-refractivity contribution >= 4 is 18.4 Å². The molecule has 1 saturated heterocycles. The van der Waals surface area contributed by atoms with Gasteiger partial charge in [-0.25, -0.2) is 0 Å². The number of carboxylic acid groups (broad SMARTS) is 1. The Bertz CT molecular complexity index is 143. The molecule has 1 rings (SSSR count). The highest BCUT2D eigenvalue weighted by molar-refractivity contribution is 5.85. The maximum atomic E-state index is 10.6. The van der Waals surface area contributed by atoms with Crippen molar-refractivity contribution in [1.29, 1.82) is 0 Å². The molecule has 0 aromatic carbocycles. The predicted molar refractivity (Wildman–Crippen MR) is 45.1 cm³/mol. The number of hydrogen-bond acceptors (Lipinski definition) is 2. The fraction of sp³-hybridized carbons (Fsp3) is 0.857. The van der Waals surface area contributed by atoms with Gasteiger partial charge in [0.1, 0.15) is 5.54 Å². The van der Waals surface area contributed by atoms with Crippen LogP contribution in [0, 0.1) is 0 Å². The lowest BCUT2D eigenvalue weighted by atomic mass is 9.91. The van der Waals surface area contributed by atoms with Crippen LogP contribution < -0.4 is 5.32 Å². The summed E-state index contributed by atoms with van der Waals surface area (Å²) in [5.74, 6) is -0.729. The number of nitrogens with one attached hydrogen (secondary N) is 1. The number of hydrogen-bond donors (Lipinski definition) is 2. The molecule has 0 spiro atoms. The molecule has 11 heavy (non-hydrogen) atoms. The molecule has 1 atom stereocenters. The summed E-state index contributed by atoms with van der Waals surface area (Å²) in [6.07, 6.45) is 2.88. The second kappa shape index (κ2) is 3.93. The summed E-state index contributed by atoms with van der Waals surface area (Å²) in [7, 11) is 0. The van der Waals surface area contributed by atoms with Crippen LogP contribution in [0.2, 0.25) is 0 Å². The Morgan fingerprint density at radius 2 is 2.18 bits per heavy atom. The molecule has 1 fully saturated rings. The summed E-state index contributed by atoms with van der Waals surface area (Å²) in [6, 6.07) is 0. The molecule has 0 radical (unpaired) electrons. The number of aliphatic carboxylic acids is 1. The van der Waals surface area contributed by atoms with Gasteiger partial charge < -0.3 is 10.4 Å². The molecule has 1 aliphatic heterocycles. The van der Waals surface area contributed by atoms with Crippen molar-refractivity contribution in [3.8, 4) is 0 Å². The zero-order valence-electron chi connectivity index (χ0n) is 6.59. The maximum Gasteiger partial charge on any atom is 0.323 e. The van der Waals surface area contributed by atoms with Gasteiger partial charge in [0.25, 0.3) is 0 Å². The molecule has 0 unspecified atom stereocenters. The van der Waals surface area contributed by atoms with E-state index in [4.69, 9.17) is 5.11 Å². The van der Waals surface area contributed by atoms with Crippen LogP contribution >= 0.6 is 12.4 Å². The fourth-order valence-corrected chi connectivity index (χ4v) is 1.24. The summed E-state index contributed by atoms with van der Waals surface area (Å²) < 4.78 is 0. The molecule has 4 heteroatoms. The first-order valence-electron chi connectivity index (χ1n) is 3.63. The monoisotopic (exact) mass is 179 g/mol. The lowest BCUT2D eigenvalue weighted by molar-refractivity contribution is -0.145. The minimum absolute atomic E-state index is 0. The Morgan fingerprint density at radius 1 is 1.55 bits per heavy atom. The van der Waals surface area contributed by atoms with Gasteiger partial charge >= 0.3 is 5.97 Å². The molecule has 0 amide bonds. The van der Waals surface area contributed by atoms with Gasteiger partial charge in [0.15, 0.2) is 0 Å². The topological polar surface area (TPSA) is 49.3 Å². The number of halogens is 1. The van der Waals surface area contributed by atoms with Gasteiger partial charge in [-0.05, 0) is 32.7 Å². The van der Waals surface area contributed by atoms with E-state index >= 15 is 0 Å². The number of carboxylic acids is 1. The minimum Gasteiger partial charge on any atom is -0.480 e. The van der Waals surface area contributed by atoms with Crippen molar-refractivity contribution in [2.24, 2.45) is 0 Å². The molecule has 1 heterocycles. The van der Waals surface area contributed by atoms with Gasteiger partial charge in [0, 0.05) is 0 Å². The van der Waals surface area contributed by atoms with E-state index in [0.29, 0.717) is 0 Å². The molecular formula is C7H14ClNO2. The highest BCUT2D eigenvalue weighted by atomic mass is 35.5. The third-order valence-corrected chi connectivity index (χ3v) is 2.09. The van der Waals surface area contributed by atoms with Crippen LogP contribution in [0.1, 0.15) is 26.2 Å². The molecule has 66 valence electrons. The van der Waals surface area contributed by atoms with Crippen LogP contribution in [0.4, 0.5) is 0 Å². The Hall–Kier alpha value is -0.280. The van der Waals surface area contributed by atoms with Gasteiger partial charge in [-0.2, -0.15) is 0 Å². The van der Waals surface area contributed by atoms with E-state index < -0.39 is 11.5 Å². The van der Waals surface area contributed by atoms with Crippen LogP contribution in [0.5, 0.6) is 0 Å². The lowest BCUT2D eigenvalue weighted by Crippen LogP contribution is -2.52. The SMILES string of the molecule is C[C@]1(C(=O)O)CCCCN1.Cl.